The molecule has 2 aromatic rings. The second-order valence-corrected chi connectivity index (χ2v) is 4.38. The largest absolute Gasteiger partial charge is 0.298 e. The van der Waals surface area contributed by atoms with Gasteiger partial charge in [-0.2, -0.15) is 0 Å². The summed E-state index contributed by atoms with van der Waals surface area (Å²) in [4.78, 5) is 18.1. The molecule has 18 heavy (non-hydrogen) atoms. The maximum Gasteiger partial charge on any atom is 0.153 e. The first-order valence-corrected chi connectivity index (χ1v) is 6.70. The Morgan fingerprint density at radius 2 is 2.17 bits per heavy atom. The number of alkyl halides is 1. The first-order valence-electron chi connectivity index (χ1n) is 5.20. The molecule has 0 aromatic carbocycles. The lowest BCUT2D eigenvalue weighted by atomic mass is 10.3. The maximum absolute atomic E-state index is 10.3. The molecule has 0 fully saturated rings. The van der Waals surface area contributed by atoms with Crippen molar-refractivity contribution in [1.82, 2.24) is 9.97 Å². The molecule has 0 aliphatic carbocycles. The molecule has 2 aromatic heterocycles. The van der Waals surface area contributed by atoms with E-state index in [9.17, 15) is 4.79 Å². The summed E-state index contributed by atoms with van der Waals surface area (Å²) in [5, 5.41) is 0.906. The molecule has 0 unspecified atom stereocenters. The van der Waals surface area contributed by atoms with E-state index in [1.165, 1.54) is 5.56 Å². The van der Waals surface area contributed by atoms with Gasteiger partial charge >= 0.3 is 0 Å². The number of aldehydes is 1. The number of aryl methyl sites for hydroxylation is 1. The van der Waals surface area contributed by atoms with Crippen molar-refractivity contribution in [2.24, 2.45) is 0 Å². The molecule has 2 heterocycles. The van der Waals surface area contributed by atoms with Crippen molar-refractivity contribution < 1.29 is 4.79 Å². The van der Waals surface area contributed by atoms with E-state index in [-0.39, 0.29) is 5.15 Å². The normalized spacial score (nSPS) is 9.28. The van der Waals surface area contributed by atoms with E-state index in [1.807, 2.05) is 25.3 Å². The summed E-state index contributed by atoms with van der Waals surface area (Å²) in [6.45, 7) is 2.02. The predicted octanol–water partition coefficient (Wildman–Crippen LogP) is 3.83. The number of carbonyl (C=O) groups is 1. The molecule has 0 N–H and O–H groups in total. The molecule has 0 spiro atoms. The highest BCUT2D eigenvalue weighted by Gasteiger charge is 2.00. The van der Waals surface area contributed by atoms with Crippen LogP contribution < -0.4 is 0 Å². The van der Waals surface area contributed by atoms with Crippen LogP contribution in [0.15, 0.2) is 36.7 Å². The van der Waals surface area contributed by atoms with Crippen LogP contribution in [-0.2, 0) is 5.33 Å². The summed E-state index contributed by atoms with van der Waals surface area (Å²) in [5.41, 5.74) is 2.46. The number of halogens is 2. The summed E-state index contributed by atoms with van der Waals surface area (Å²) in [6, 6.07) is 7.35. The summed E-state index contributed by atoms with van der Waals surface area (Å²) in [7, 11) is 0. The van der Waals surface area contributed by atoms with Crippen LogP contribution >= 0.6 is 27.5 Å². The zero-order valence-corrected chi connectivity index (χ0v) is 12.1. The van der Waals surface area contributed by atoms with Crippen LogP contribution in [-0.4, -0.2) is 16.3 Å². The maximum atomic E-state index is 10.3. The van der Waals surface area contributed by atoms with Crippen molar-refractivity contribution in [3.05, 3.63) is 58.6 Å². The monoisotopic (exact) mass is 326 g/mol. The molecule has 3 nitrogen and oxygen atoms in total. The second-order valence-electron chi connectivity index (χ2n) is 3.46. The molecule has 0 aliphatic rings. The van der Waals surface area contributed by atoms with Gasteiger partial charge in [0.2, 0.25) is 0 Å². The highest BCUT2D eigenvalue weighted by Crippen LogP contribution is 2.12. The van der Waals surface area contributed by atoms with Gasteiger partial charge < -0.3 is 0 Å². The third-order valence-electron chi connectivity index (χ3n) is 2.01. The Labute approximate surface area is 119 Å². The van der Waals surface area contributed by atoms with E-state index in [0.29, 0.717) is 17.2 Å². The Balaban J connectivity index is 0.000000199. The molecule has 2 rings (SSSR count). The van der Waals surface area contributed by atoms with Gasteiger partial charge in [0.15, 0.2) is 6.29 Å². The molecule has 0 saturated carbocycles. The van der Waals surface area contributed by atoms with E-state index in [2.05, 4.69) is 25.9 Å². The lowest BCUT2D eigenvalue weighted by Gasteiger charge is -1.96. The third kappa shape index (κ3) is 4.94. The van der Waals surface area contributed by atoms with Crippen molar-refractivity contribution in [2.45, 2.75) is 12.3 Å². The number of carbonyl (C=O) groups excluding carboxylic acids is 1. The molecular weight excluding hydrogens is 316 g/mol. The number of hydrogen-bond acceptors (Lipinski definition) is 3. The Morgan fingerprint density at radius 3 is 2.56 bits per heavy atom. The standard InChI is InChI=1S/C7H5BrClNO.C6H7N/c8-3-6-2-1-5(4-11)7(9)10-6;1-6-3-2-4-7-5-6/h1-2,4H,3H2;2-5H,1H3. The van der Waals surface area contributed by atoms with Crippen molar-refractivity contribution >= 4 is 33.8 Å². The molecule has 94 valence electrons. The number of nitrogens with zero attached hydrogens (tertiary/aromatic N) is 2. The van der Waals surface area contributed by atoms with E-state index in [0.717, 1.165) is 5.69 Å². The van der Waals surface area contributed by atoms with E-state index < -0.39 is 0 Å². The van der Waals surface area contributed by atoms with Gasteiger partial charge in [-0.3, -0.25) is 9.78 Å². The highest BCUT2D eigenvalue weighted by molar-refractivity contribution is 9.08. The van der Waals surface area contributed by atoms with Crippen molar-refractivity contribution in [3.63, 3.8) is 0 Å². The molecule has 5 heteroatoms. The first kappa shape index (κ1) is 14.8. The summed E-state index contributed by atoms with van der Waals surface area (Å²) in [5.74, 6) is 0. The fourth-order valence-corrected chi connectivity index (χ4v) is 1.62. The minimum atomic E-state index is 0.261. The average Bonchev–Trinajstić information content (AvgIpc) is 2.40. The summed E-state index contributed by atoms with van der Waals surface area (Å²) in [6.07, 6.45) is 4.29. The van der Waals surface area contributed by atoms with Gasteiger partial charge in [-0.1, -0.05) is 33.6 Å². The van der Waals surface area contributed by atoms with E-state index in [4.69, 9.17) is 11.6 Å². The lowest BCUT2D eigenvalue weighted by molar-refractivity contribution is 0.112. The topological polar surface area (TPSA) is 42.9 Å². The van der Waals surface area contributed by atoms with Gasteiger partial charge in [0.25, 0.3) is 0 Å². The summed E-state index contributed by atoms with van der Waals surface area (Å²) >= 11 is 8.87. The number of hydrogen-bond donors (Lipinski definition) is 0. The smallest absolute Gasteiger partial charge is 0.153 e. The number of rotatable bonds is 2. The van der Waals surface area contributed by atoms with Crippen LogP contribution in [0.5, 0.6) is 0 Å². The van der Waals surface area contributed by atoms with Crippen LogP contribution in [0.4, 0.5) is 0 Å². The Kier molecular flexibility index (Phi) is 6.54. The molecule has 0 atom stereocenters. The van der Waals surface area contributed by atoms with Gasteiger partial charge in [-0.15, -0.1) is 0 Å². The number of pyridine rings is 2. The Morgan fingerprint density at radius 1 is 1.39 bits per heavy atom. The second kappa shape index (κ2) is 7.95. The van der Waals surface area contributed by atoms with E-state index in [1.54, 1.807) is 18.3 Å². The zero-order chi connectivity index (χ0) is 13.4. The van der Waals surface area contributed by atoms with Gasteiger partial charge in [-0.05, 0) is 30.7 Å². The van der Waals surface area contributed by atoms with Gasteiger partial charge in [0, 0.05) is 17.7 Å². The molecule has 0 aliphatic heterocycles. The lowest BCUT2D eigenvalue weighted by Crippen LogP contribution is -1.89. The van der Waals surface area contributed by atoms with Crippen molar-refractivity contribution in [3.8, 4) is 0 Å². The van der Waals surface area contributed by atoms with Crippen LogP contribution in [0, 0.1) is 6.92 Å². The molecular formula is C13H12BrClN2O. The van der Waals surface area contributed by atoms with Crippen molar-refractivity contribution in [2.75, 3.05) is 0 Å². The third-order valence-corrected chi connectivity index (χ3v) is 2.89. The van der Waals surface area contributed by atoms with Crippen LogP contribution in [0.2, 0.25) is 5.15 Å². The van der Waals surface area contributed by atoms with Gasteiger partial charge in [-0.25, -0.2) is 4.98 Å². The van der Waals surface area contributed by atoms with Crippen molar-refractivity contribution in [1.29, 1.82) is 0 Å². The zero-order valence-electron chi connectivity index (χ0n) is 9.81. The SMILES string of the molecule is Cc1cccnc1.O=Cc1ccc(CBr)nc1Cl. The Hall–Kier alpha value is -1.26. The predicted molar refractivity (Wildman–Crippen MR) is 76.2 cm³/mol. The first-order chi connectivity index (χ1) is 8.67. The van der Waals surface area contributed by atoms with Crippen LogP contribution in [0.3, 0.4) is 0 Å². The fourth-order valence-electron chi connectivity index (χ4n) is 1.09. The fraction of sp³-hybridized carbons (Fsp3) is 0.154. The highest BCUT2D eigenvalue weighted by atomic mass is 79.9. The average molecular weight is 328 g/mol. The quantitative estimate of drug-likeness (QED) is 0.478. The van der Waals surface area contributed by atoms with E-state index >= 15 is 0 Å². The van der Waals surface area contributed by atoms with Gasteiger partial charge in [0.1, 0.15) is 5.15 Å². The van der Waals surface area contributed by atoms with Crippen LogP contribution in [0.1, 0.15) is 21.6 Å². The van der Waals surface area contributed by atoms with Crippen LogP contribution in [0.25, 0.3) is 0 Å². The molecule has 0 radical (unpaired) electrons. The molecule has 0 saturated heterocycles. The minimum Gasteiger partial charge on any atom is -0.298 e. The summed E-state index contributed by atoms with van der Waals surface area (Å²) < 4.78 is 0. The van der Waals surface area contributed by atoms with Gasteiger partial charge in [0.05, 0.1) is 11.3 Å². The molecule has 0 bridgehead atoms. The minimum absolute atomic E-state index is 0.261. The number of aromatic nitrogens is 2. The Bertz CT molecular complexity index is 506. The molecule has 0 amide bonds.